The first kappa shape index (κ1) is 16.5. The molecule has 1 saturated heterocycles. The van der Waals surface area contributed by atoms with Crippen LogP contribution in [0.3, 0.4) is 0 Å². The molecule has 1 N–H and O–H groups in total. The van der Waals surface area contributed by atoms with Crippen LogP contribution in [0.15, 0.2) is 42.5 Å². The van der Waals surface area contributed by atoms with E-state index in [0.717, 1.165) is 11.3 Å². The van der Waals surface area contributed by atoms with Gasteiger partial charge in [-0.05, 0) is 48.9 Å². The predicted molar refractivity (Wildman–Crippen MR) is 91.7 cm³/mol. The van der Waals surface area contributed by atoms with Crippen LogP contribution in [0.2, 0.25) is 5.02 Å². The van der Waals surface area contributed by atoms with Gasteiger partial charge in [0.2, 0.25) is 11.8 Å². The average Bonchev–Trinajstić information content (AvgIpc) is 2.94. The zero-order valence-corrected chi connectivity index (χ0v) is 13.8. The molecule has 1 aliphatic heterocycles. The Morgan fingerprint density at radius 1 is 1.25 bits per heavy atom. The fourth-order valence-corrected chi connectivity index (χ4v) is 2.95. The lowest BCUT2D eigenvalue weighted by Crippen LogP contribution is -2.28. The number of nitrogens with one attached hydrogen (secondary N) is 1. The highest BCUT2D eigenvalue weighted by molar-refractivity contribution is 6.31. The monoisotopic (exact) mass is 346 g/mol. The number of anilines is 2. The van der Waals surface area contributed by atoms with Gasteiger partial charge in [0.1, 0.15) is 5.82 Å². The highest BCUT2D eigenvalue weighted by Crippen LogP contribution is 2.31. The minimum atomic E-state index is -0.457. The minimum Gasteiger partial charge on any atom is -0.326 e. The van der Waals surface area contributed by atoms with Crippen molar-refractivity contribution in [3.05, 3.63) is 58.9 Å². The fourth-order valence-electron chi connectivity index (χ4n) is 2.78. The van der Waals surface area contributed by atoms with E-state index in [9.17, 15) is 14.0 Å². The molecule has 0 saturated carbocycles. The maximum absolute atomic E-state index is 12.9. The molecule has 1 fully saturated rings. The maximum atomic E-state index is 12.9. The van der Waals surface area contributed by atoms with Gasteiger partial charge >= 0.3 is 0 Å². The summed E-state index contributed by atoms with van der Waals surface area (Å²) in [5.41, 5.74) is 2.04. The predicted octanol–water partition coefficient (Wildman–Crippen LogP) is 3.78. The zero-order valence-electron chi connectivity index (χ0n) is 13.1. The Labute approximate surface area is 144 Å². The molecule has 0 aliphatic carbocycles. The van der Waals surface area contributed by atoms with E-state index in [1.807, 2.05) is 13.0 Å². The molecule has 4 nitrogen and oxygen atoms in total. The molecular formula is C18H16ClFN2O2. The minimum absolute atomic E-state index is 0.111. The standard InChI is InChI=1S/C18H16ClFN2O2/c1-11-15(19)3-2-4-16(11)22-10-12(9-17(22)23)18(24)21-14-7-5-13(20)6-8-14/h2-8,12H,9-10H2,1H3,(H,21,24)/t12-/m1/s1. The molecule has 1 heterocycles. The van der Waals surface area contributed by atoms with Gasteiger partial charge in [0, 0.05) is 29.4 Å². The summed E-state index contributed by atoms with van der Waals surface area (Å²) in [4.78, 5) is 26.3. The van der Waals surface area contributed by atoms with Crippen LogP contribution in [0.4, 0.5) is 15.8 Å². The molecule has 0 spiro atoms. The third-order valence-corrected chi connectivity index (χ3v) is 4.55. The molecule has 6 heteroatoms. The third-order valence-electron chi connectivity index (χ3n) is 4.14. The number of benzene rings is 2. The van der Waals surface area contributed by atoms with Gasteiger partial charge in [-0.1, -0.05) is 17.7 Å². The maximum Gasteiger partial charge on any atom is 0.229 e. The summed E-state index contributed by atoms with van der Waals surface area (Å²) in [6.07, 6.45) is 0.138. The summed E-state index contributed by atoms with van der Waals surface area (Å²) >= 11 is 6.11. The van der Waals surface area contributed by atoms with Crippen LogP contribution >= 0.6 is 11.6 Å². The third kappa shape index (κ3) is 3.26. The number of rotatable bonds is 3. The Morgan fingerprint density at radius 2 is 1.96 bits per heavy atom. The Bertz CT molecular complexity index is 792. The Kier molecular flexibility index (Phi) is 4.53. The van der Waals surface area contributed by atoms with Crippen LogP contribution in [0.5, 0.6) is 0 Å². The SMILES string of the molecule is Cc1c(Cl)cccc1N1C[C@H](C(=O)Nc2ccc(F)cc2)CC1=O. The number of nitrogens with zero attached hydrogens (tertiary/aromatic N) is 1. The molecule has 3 rings (SSSR count). The first-order valence-corrected chi connectivity index (χ1v) is 7.95. The lowest BCUT2D eigenvalue weighted by Gasteiger charge is -2.19. The normalized spacial score (nSPS) is 17.2. The van der Waals surface area contributed by atoms with Gasteiger partial charge in [-0.25, -0.2) is 4.39 Å². The molecule has 0 bridgehead atoms. The first-order chi connectivity index (χ1) is 11.5. The topological polar surface area (TPSA) is 49.4 Å². The van der Waals surface area contributed by atoms with Crippen molar-refractivity contribution in [2.45, 2.75) is 13.3 Å². The van der Waals surface area contributed by atoms with Gasteiger partial charge in [-0.3, -0.25) is 9.59 Å². The number of halogens is 2. The largest absolute Gasteiger partial charge is 0.326 e. The van der Waals surface area contributed by atoms with Crippen LogP contribution in [-0.2, 0) is 9.59 Å². The van der Waals surface area contributed by atoms with E-state index in [2.05, 4.69) is 5.32 Å². The van der Waals surface area contributed by atoms with Crippen molar-refractivity contribution >= 4 is 34.8 Å². The molecule has 1 aliphatic rings. The van der Waals surface area contributed by atoms with Crippen molar-refractivity contribution in [2.75, 3.05) is 16.8 Å². The van der Waals surface area contributed by atoms with E-state index < -0.39 is 5.92 Å². The van der Waals surface area contributed by atoms with Crippen molar-refractivity contribution in [3.63, 3.8) is 0 Å². The van der Waals surface area contributed by atoms with E-state index in [1.165, 1.54) is 24.3 Å². The molecule has 0 aromatic heterocycles. The quantitative estimate of drug-likeness (QED) is 0.919. The van der Waals surface area contributed by atoms with Crippen molar-refractivity contribution in [1.29, 1.82) is 0 Å². The molecule has 24 heavy (non-hydrogen) atoms. The van der Waals surface area contributed by atoms with Gasteiger partial charge in [0.15, 0.2) is 0 Å². The van der Waals surface area contributed by atoms with E-state index in [4.69, 9.17) is 11.6 Å². The molecule has 2 aromatic carbocycles. The molecular weight excluding hydrogens is 331 g/mol. The van der Waals surface area contributed by atoms with Gasteiger partial charge in [-0.2, -0.15) is 0 Å². The Hall–Kier alpha value is -2.40. The fraction of sp³-hybridized carbons (Fsp3) is 0.222. The summed E-state index contributed by atoms with van der Waals surface area (Å²) in [6, 6.07) is 10.9. The molecule has 0 radical (unpaired) electrons. The van der Waals surface area contributed by atoms with E-state index in [-0.39, 0.29) is 24.1 Å². The highest BCUT2D eigenvalue weighted by Gasteiger charge is 2.35. The highest BCUT2D eigenvalue weighted by atomic mass is 35.5. The average molecular weight is 347 g/mol. The molecule has 2 amide bonds. The van der Waals surface area contributed by atoms with E-state index in [0.29, 0.717) is 17.3 Å². The second-order valence-electron chi connectivity index (χ2n) is 5.79. The number of carbonyl (C=O) groups excluding carboxylic acids is 2. The summed E-state index contributed by atoms with van der Waals surface area (Å²) in [5.74, 6) is -1.19. The number of carbonyl (C=O) groups is 2. The van der Waals surface area contributed by atoms with Crippen molar-refractivity contribution in [1.82, 2.24) is 0 Å². The summed E-state index contributed by atoms with van der Waals surface area (Å²) in [7, 11) is 0. The number of hydrogen-bond acceptors (Lipinski definition) is 2. The van der Waals surface area contributed by atoms with Crippen LogP contribution in [0.1, 0.15) is 12.0 Å². The lowest BCUT2D eigenvalue weighted by molar-refractivity contribution is -0.122. The zero-order chi connectivity index (χ0) is 17.3. The van der Waals surface area contributed by atoms with Gasteiger partial charge < -0.3 is 10.2 Å². The molecule has 0 unspecified atom stereocenters. The van der Waals surface area contributed by atoms with Crippen molar-refractivity contribution in [3.8, 4) is 0 Å². The van der Waals surface area contributed by atoms with E-state index >= 15 is 0 Å². The van der Waals surface area contributed by atoms with Crippen LogP contribution in [-0.4, -0.2) is 18.4 Å². The van der Waals surface area contributed by atoms with Crippen LogP contribution in [0, 0.1) is 18.7 Å². The van der Waals surface area contributed by atoms with Crippen molar-refractivity contribution < 1.29 is 14.0 Å². The van der Waals surface area contributed by atoms with Crippen molar-refractivity contribution in [2.24, 2.45) is 5.92 Å². The first-order valence-electron chi connectivity index (χ1n) is 7.57. The van der Waals surface area contributed by atoms with Crippen LogP contribution in [0.25, 0.3) is 0 Å². The lowest BCUT2D eigenvalue weighted by atomic mass is 10.1. The molecule has 1 atom stereocenters. The second-order valence-corrected chi connectivity index (χ2v) is 6.19. The molecule has 124 valence electrons. The Balaban J connectivity index is 1.73. The summed E-state index contributed by atoms with van der Waals surface area (Å²) in [5, 5.41) is 3.30. The van der Waals surface area contributed by atoms with Crippen LogP contribution < -0.4 is 10.2 Å². The van der Waals surface area contributed by atoms with E-state index in [1.54, 1.807) is 17.0 Å². The smallest absolute Gasteiger partial charge is 0.229 e. The number of amides is 2. The van der Waals surface area contributed by atoms with Gasteiger partial charge in [0.05, 0.1) is 5.92 Å². The van der Waals surface area contributed by atoms with Gasteiger partial charge in [-0.15, -0.1) is 0 Å². The van der Waals surface area contributed by atoms with Gasteiger partial charge in [0.25, 0.3) is 0 Å². The second kappa shape index (κ2) is 6.61. The number of hydrogen-bond donors (Lipinski definition) is 1. The Morgan fingerprint density at radius 3 is 2.67 bits per heavy atom. The summed E-state index contributed by atoms with van der Waals surface area (Å²) < 4.78 is 12.9. The summed E-state index contributed by atoms with van der Waals surface area (Å²) in [6.45, 7) is 2.14. The molecule has 2 aromatic rings.